The van der Waals surface area contributed by atoms with Crippen molar-refractivity contribution in [3.63, 3.8) is 0 Å². The van der Waals surface area contributed by atoms with Crippen LogP contribution < -0.4 is 5.73 Å². The molecule has 1 saturated heterocycles. The maximum Gasteiger partial charge on any atom is 0.405 e. The first kappa shape index (κ1) is 18.2. The fraction of sp³-hybridized carbons (Fsp3) is 0.786. The van der Waals surface area contributed by atoms with Crippen molar-refractivity contribution >= 4 is 12.0 Å². The zero-order valence-corrected chi connectivity index (χ0v) is 12.8. The number of hydrogen-bond donors (Lipinski definition) is 1. The third-order valence-electron chi connectivity index (χ3n) is 2.77. The number of nitriles is 1. The van der Waals surface area contributed by atoms with Crippen molar-refractivity contribution in [2.24, 2.45) is 11.7 Å². The average Bonchev–Trinajstić information content (AvgIpc) is 2.27. The molecule has 20 heavy (non-hydrogen) atoms. The van der Waals surface area contributed by atoms with Gasteiger partial charge in [0.15, 0.2) is 0 Å². The number of hydrogen-bond acceptors (Lipinski definition) is 4. The number of carbonyl (C=O) groups is 2. The Hall–Kier alpha value is -1.77. The molecule has 0 atom stereocenters. The quantitative estimate of drug-likeness (QED) is 0.799. The van der Waals surface area contributed by atoms with Gasteiger partial charge in [0.25, 0.3) is 0 Å². The molecule has 1 aliphatic rings. The summed E-state index contributed by atoms with van der Waals surface area (Å²) in [6.45, 7) is 9.16. The molecule has 0 aromatic rings. The number of piperidine rings is 1. The highest BCUT2D eigenvalue weighted by molar-refractivity contribution is 5.78. The molecule has 116 valence electrons. The second kappa shape index (κ2) is 8.41. The predicted octanol–water partition coefficient (Wildman–Crippen LogP) is 2.28. The summed E-state index contributed by atoms with van der Waals surface area (Å²) in [5.74, 6) is 0.723. The largest absolute Gasteiger partial charge is 0.444 e. The normalized spacial score (nSPS) is 15.7. The zero-order chi connectivity index (χ0) is 15.8. The Morgan fingerprint density at radius 1 is 1.40 bits per heavy atom. The lowest BCUT2D eigenvalue weighted by molar-refractivity contribution is -0.131. The second-order valence-electron chi connectivity index (χ2n) is 5.93. The van der Waals surface area contributed by atoms with Crippen LogP contribution in [-0.4, -0.2) is 35.6 Å². The van der Waals surface area contributed by atoms with Gasteiger partial charge in [0.05, 0.1) is 6.07 Å². The van der Waals surface area contributed by atoms with Gasteiger partial charge in [-0.15, -0.1) is 0 Å². The summed E-state index contributed by atoms with van der Waals surface area (Å²) in [6.07, 6.45) is 1.47. The van der Waals surface area contributed by atoms with Crippen molar-refractivity contribution in [3.8, 4) is 6.07 Å². The molecule has 0 aromatic carbocycles. The van der Waals surface area contributed by atoms with Crippen LogP contribution in [0.15, 0.2) is 0 Å². The highest BCUT2D eigenvalue weighted by Gasteiger charge is 2.19. The maximum atomic E-state index is 11.2. The second-order valence-corrected chi connectivity index (χ2v) is 5.93. The summed E-state index contributed by atoms with van der Waals surface area (Å²) in [5, 5.41) is 8.32. The van der Waals surface area contributed by atoms with E-state index in [0.29, 0.717) is 0 Å². The molecule has 1 aliphatic heterocycles. The highest BCUT2D eigenvalue weighted by atomic mass is 16.6. The number of primary amides is 1. The Bertz CT molecular complexity index is 367. The van der Waals surface area contributed by atoms with Crippen LogP contribution in [0.5, 0.6) is 0 Å². The molecule has 0 radical (unpaired) electrons. The summed E-state index contributed by atoms with van der Waals surface area (Å²) in [7, 11) is 0. The van der Waals surface area contributed by atoms with E-state index < -0.39 is 11.7 Å². The number of ether oxygens (including phenoxy) is 1. The number of rotatable bonds is 1. The minimum atomic E-state index is -0.725. The summed E-state index contributed by atoms with van der Waals surface area (Å²) >= 11 is 0. The van der Waals surface area contributed by atoms with E-state index in [4.69, 9.17) is 11.0 Å². The van der Waals surface area contributed by atoms with E-state index in [1.165, 1.54) is 0 Å². The van der Waals surface area contributed by atoms with Gasteiger partial charge in [-0.1, -0.05) is 6.92 Å². The number of amides is 2. The monoisotopic (exact) mass is 285 g/mol. The summed E-state index contributed by atoms with van der Waals surface area (Å²) in [4.78, 5) is 23.0. The molecule has 1 rings (SSSR count). The smallest absolute Gasteiger partial charge is 0.405 e. The third-order valence-corrected chi connectivity index (χ3v) is 2.77. The number of nitrogens with zero attached hydrogens (tertiary/aromatic N) is 2. The van der Waals surface area contributed by atoms with Gasteiger partial charge in [0.2, 0.25) is 5.91 Å². The van der Waals surface area contributed by atoms with Gasteiger partial charge in [-0.05, 0) is 39.5 Å². The number of nitrogens with two attached hydrogens (primary N) is 1. The Morgan fingerprint density at radius 3 is 2.20 bits per heavy atom. The van der Waals surface area contributed by atoms with E-state index in [-0.39, 0.29) is 13.8 Å². The van der Waals surface area contributed by atoms with E-state index in [9.17, 15) is 9.59 Å². The number of likely N-dealkylation sites (tertiary alicyclic amines) is 1. The molecular formula is C14H27N3O3. The molecule has 6 heteroatoms. The summed E-state index contributed by atoms with van der Waals surface area (Å²) in [6, 6.07) is 1.88. The van der Waals surface area contributed by atoms with Gasteiger partial charge >= 0.3 is 6.09 Å². The topological polar surface area (TPSA) is 96.4 Å². The van der Waals surface area contributed by atoms with E-state index in [1.54, 1.807) is 25.7 Å². The van der Waals surface area contributed by atoms with Crippen LogP contribution in [0, 0.1) is 17.2 Å². The van der Waals surface area contributed by atoms with E-state index in [1.807, 2.05) is 6.07 Å². The van der Waals surface area contributed by atoms with Crippen LogP contribution in [0.3, 0.4) is 0 Å². The molecule has 0 spiro atoms. The zero-order valence-electron chi connectivity index (χ0n) is 12.8. The third kappa shape index (κ3) is 9.20. The van der Waals surface area contributed by atoms with Crippen molar-refractivity contribution in [2.45, 2.75) is 52.6 Å². The van der Waals surface area contributed by atoms with Gasteiger partial charge in [0.1, 0.15) is 12.0 Å². The van der Waals surface area contributed by atoms with E-state index in [2.05, 4.69) is 11.7 Å². The van der Waals surface area contributed by atoms with E-state index >= 15 is 0 Å². The van der Waals surface area contributed by atoms with Crippen LogP contribution in [0.25, 0.3) is 0 Å². The molecule has 0 aromatic heterocycles. The first-order valence-electron chi connectivity index (χ1n) is 6.79. The van der Waals surface area contributed by atoms with Crippen molar-refractivity contribution < 1.29 is 15.8 Å². The van der Waals surface area contributed by atoms with Gasteiger partial charge < -0.3 is 15.4 Å². The Labute approximate surface area is 122 Å². The molecule has 0 unspecified atom stereocenters. The van der Waals surface area contributed by atoms with Gasteiger partial charge in [0, 0.05) is 14.5 Å². The lowest BCUT2D eigenvalue weighted by Crippen LogP contribution is -2.37. The van der Waals surface area contributed by atoms with Crippen molar-refractivity contribution in [1.29, 1.82) is 5.26 Å². The highest BCUT2D eigenvalue weighted by Crippen LogP contribution is 2.16. The molecule has 2 amide bonds. The van der Waals surface area contributed by atoms with Gasteiger partial charge in [-0.3, -0.25) is 4.79 Å². The predicted molar refractivity (Wildman–Crippen MR) is 77.7 cm³/mol. The Kier molecular flexibility index (Phi) is 7.67. The number of carbonyl (C=O) groups excluding carboxylic acids is 2. The van der Waals surface area contributed by atoms with Crippen LogP contribution in [-0.2, 0) is 9.53 Å². The van der Waals surface area contributed by atoms with Crippen LogP contribution in [0.4, 0.5) is 4.79 Å². The van der Waals surface area contributed by atoms with Crippen LogP contribution in [0.1, 0.15) is 48.4 Å². The lowest BCUT2D eigenvalue weighted by atomic mass is 9.99. The van der Waals surface area contributed by atoms with Gasteiger partial charge in [-0.25, -0.2) is 4.79 Å². The fourth-order valence-electron chi connectivity index (χ4n) is 1.74. The maximum absolute atomic E-state index is 11.2. The molecule has 0 saturated carbocycles. The lowest BCUT2D eigenvalue weighted by Gasteiger charge is -2.29. The van der Waals surface area contributed by atoms with Crippen molar-refractivity contribution in [3.05, 3.63) is 0 Å². The molecule has 6 nitrogen and oxygen atoms in total. The van der Waals surface area contributed by atoms with Crippen LogP contribution >= 0.6 is 0 Å². The fourth-order valence-corrected chi connectivity index (χ4v) is 1.74. The van der Waals surface area contributed by atoms with Crippen molar-refractivity contribution in [1.82, 2.24) is 4.90 Å². The SMILES string of the molecule is CC(C)(C)OC(N)=O.CC1CCN(C(=O)CC#N)CC1.[HH]. The molecule has 1 heterocycles. The molecular weight excluding hydrogens is 258 g/mol. The molecule has 2 N–H and O–H groups in total. The first-order chi connectivity index (χ1) is 9.15. The minimum Gasteiger partial charge on any atom is -0.444 e. The molecule has 0 bridgehead atoms. The van der Waals surface area contributed by atoms with E-state index in [0.717, 1.165) is 31.8 Å². The summed E-state index contributed by atoms with van der Waals surface area (Å²) in [5.41, 5.74) is 4.26. The summed E-state index contributed by atoms with van der Waals surface area (Å²) < 4.78 is 4.58. The first-order valence-corrected chi connectivity index (χ1v) is 6.79. The van der Waals surface area contributed by atoms with Gasteiger partial charge in [-0.2, -0.15) is 5.26 Å². The minimum absolute atomic E-state index is 0. The molecule has 1 fully saturated rings. The molecule has 0 aliphatic carbocycles. The standard InChI is InChI=1S/C9H14N2O.C5H11NO2.H2/c1-8-3-6-11(7-4-8)9(12)2-5-10;1-5(2,3)8-4(6)7;/h8H,2-4,6-7H2,1H3;1-3H3,(H2,6,7);1H. The van der Waals surface area contributed by atoms with Crippen molar-refractivity contribution in [2.75, 3.05) is 13.1 Å². The Balaban J connectivity index is 0. The van der Waals surface area contributed by atoms with Crippen LogP contribution in [0.2, 0.25) is 0 Å². The average molecular weight is 285 g/mol. The Morgan fingerprint density at radius 2 is 1.90 bits per heavy atom.